The molecule has 1 atom stereocenters. The van der Waals surface area contributed by atoms with Gasteiger partial charge in [0.05, 0.1) is 41.8 Å². The molecule has 13 heteroatoms. The number of carbonyl (C=O) groups is 1. The minimum Gasteiger partial charge on any atom is -0.492 e. The van der Waals surface area contributed by atoms with Gasteiger partial charge in [-0.3, -0.25) is 9.10 Å². The second-order valence-electron chi connectivity index (χ2n) is 9.55. The Bertz CT molecular complexity index is 1590. The number of sulfonamides is 2. The van der Waals surface area contributed by atoms with E-state index in [0.717, 1.165) is 5.56 Å². The number of ether oxygens (including phenoxy) is 3. The van der Waals surface area contributed by atoms with Gasteiger partial charge < -0.3 is 19.5 Å². The van der Waals surface area contributed by atoms with Crippen LogP contribution in [0.25, 0.3) is 0 Å². The normalized spacial score (nSPS) is 17.8. The summed E-state index contributed by atoms with van der Waals surface area (Å²) < 4.78 is 71.9. The van der Waals surface area contributed by atoms with E-state index in [0.29, 0.717) is 43.5 Å². The number of anilines is 1. The minimum atomic E-state index is -3.94. The van der Waals surface area contributed by atoms with Crippen LogP contribution < -0.4 is 19.1 Å². The van der Waals surface area contributed by atoms with Gasteiger partial charge in [0.2, 0.25) is 10.0 Å². The second kappa shape index (κ2) is 12.1. The highest BCUT2D eigenvalue weighted by molar-refractivity contribution is 7.92. The Morgan fingerprint density at radius 3 is 2.32 bits per heavy atom. The lowest BCUT2D eigenvalue weighted by Crippen LogP contribution is -2.51. The maximum atomic E-state index is 13.5. The van der Waals surface area contributed by atoms with Gasteiger partial charge in [0.1, 0.15) is 18.1 Å². The Labute approximate surface area is 239 Å². The van der Waals surface area contributed by atoms with Gasteiger partial charge in [-0.25, -0.2) is 16.8 Å². The first-order valence-corrected chi connectivity index (χ1v) is 16.0. The van der Waals surface area contributed by atoms with Crippen LogP contribution in [0.1, 0.15) is 5.56 Å². The summed E-state index contributed by atoms with van der Waals surface area (Å²) in [7, 11) is -7.55. The summed E-state index contributed by atoms with van der Waals surface area (Å²) in [4.78, 5) is 13.3. The number of benzene rings is 3. The van der Waals surface area contributed by atoms with Crippen molar-refractivity contribution < 1.29 is 35.8 Å². The van der Waals surface area contributed by atoms with Crippen molar-refractivity contribution in [3.05, 3.63) is 78.4 Å². The first-order valence-electron chi connectivity index (χ1n) is 13.1. The predicted molar refractivity (Wildman–Crippen MR) is 151 cm³/mol. The molecular weight excluding hydrogens is 570 g/mol. The fraction of sp³-hybridized carbons (Fsp3) is 0.321. The molecule has 0 radical (unpaired) electrons. The number of nitrogens with one attached hydrogen (secondary N) is 1. The van der Waals surface area contributed by atoms with Crippen molar-refractivity contribution >= 4 is 31.6 Å². The molecule has 0 unspecified atom stereocenters. The second-order valence-corrected chi connectivity index (χ2v) is 13.4. The molecule has 0 spiro atoms. The molecule has 0 aromatic heterocycles. The molecule has 3 aromatic rings. The Balaban J connectivity index is 1.19. The van der Waals surface area contributed by atoms with Gasteiger partial charge in [-0.15, -0.1) is 0 Å². The van der Waals surface area contributed by atoms with E-state index < -0.39 is 32.1 Å². The third kappa shape index (κ3) is 6.32. The summed E-state index contributed by atoms with van der Waals surface area (Å²) in [6.07, 6.45) is -1.08. The molecule has 218 valence electrons. The van der Waals surface area contributed by atoms with Crippen molar-refractivity contribution in [2.24, 2.45) is 0 Å². The van der Waals surface area contributed by atoms with E-state index >= 15 is 0 Å². The maximum Gasteiger partial charge on any atom is 0.264 e. The lowest BCUT2D eigenvalue weighted by Gasteiger charge is -2.35. The van der Waals surface area contributed by atoms with E-state index in [9.17, 15) is 21.6 Å². The average molecular weight is 602 g/mol. The maximum absolute atomic E-state index is 13.5. The largest absolute Gasteiger partial charge is 0.492 e. The Hall–Kier alpha value is -3.65. The van der Waals surface area contributed by atoms with Crippen LogP contribution in [0.5, 0.6) is 11.5 Å². The number of hydrogen-bond donors (Lipinski definition) is 1. The number of morpholine rings is 1. The van der Waals surface area contributed by atoms with Gasteiger partial charge >= 0.3 is 0 Å². The van der Waals surface area contributed by atoms with Gasteiger partial charge in [0.25, 0.3) is 15.9 Å². The van der Waals surface area contributed by atoms with Crippen LogP contribution in [0.3, 0.4) is 0 Å². The van der Waals surface area contributed by atoms with Crippen LogP contribution in [0.4, 0.5) is 5.69 Å². The molecule has 2 aliphatic heterocycles. The molecule has 1 fully saturated rings. The third-order valence-electron chi connectivity index (χ3n) is 6.71. The van der Waals surface area contributed by atoms with E-state index in [-0.39, 0.29) is 29.5 Å². The fourth-order valence-corrected chi connectivity index (χ4v) is 7.44. The third-order valence-corrected chi connectivity index (χ3v) is 10.4. The summed E-state index contributed by atoms with van der Waals surface area (Å²) in [5, 5.41) is 2.73. The molecule has 3 aromatic carbocycles. The molecule has 2 heterocycles. The summed E-state index contributed by atoms with van der Waals surface area (Å²) in [5.74, 6) is 0.253. The lowest BCUT2D eigenvalue weighted by molar-refractivity contribution is -0.127. The Kier molecular flexibility index (Phi) is 8.50. The van der Waals surface area contributed by atoms with Gasteiger partial charge in [0, 0.05) is 13.1 Å². The van der Waals surface area contributed by atoms with E-state index in [1.54, 1.807) is 48.5 Å². The molecule has 0 bridgehead atoms. The predicted octanol–water partition coefficient (Wildman–Crippen LogP) is 2.17. The van der Waals surface area contributed by atoms with Crippen molar-refractivity contribution in [1.82, 2.24) is 9.62 Å². The molecule has 0 aliphatic carbocycles. The van der Waals surface area contributed by atoms with E-state index in [1.165, 1.54) is 32.9 Å². The van der Waals surface area contributed by atoms with Gasteiger partial charge in [-0.05, 0) is 61.0 Å². The van der Waals surface area contributed by atoms with Crippen molar-refractivity contribution in [3.8, 4) is 11.5 Å². The molecule has 1 saturated heterocycles. The number of fused-ring (bicyclic) bond motifs is 1. The van der Waals surface area contributed by atoms with E-state index in [1.807, 2.05) is 6.92 Å². The average Bonchev–Trinajstić information content (AvgIpc) is 2.99. The van der Waals surface area contributed by atoms with Crippen LogP contribution in [-0.4, -0.2) is 79.2 Å². The molecule has 5 rings (SSSR count). The quantitative estimate of drug-likeness (QED) is 0.369. The molecule has 1 N–H and O–H groups in total. The van der Waals surface area contributed by atoms with Crippen LogP contribution in [0.15, 0.2) is 82.6 Å². The number of amides is 1. The van der Waals surface area contributed by atoms with Crippen molar-refractivity contribution in [2.45, 2.75) is 22.8 Å². The highest BCUT2D eigenvalue weighted by Gasteiger charge is 2.37. The minimum absolute atomic E-state index is 0.107. The highest BCUT2D eigenvalue weighted by atomic mass is 32.2. The SMILES string of the molecule is Cc1ccc2c(c1)N(S(=O)(=O)c1ccccc1)C[C@@H](C(=O)NCCOc1ccc(S(=O)(=O)N3CCOCC3)cc1)O2. The van der Waals surface area contributed by atoms with Gasteiger partial charge in [-0.2, -0.15) is 4.31 Å². The Morgan fingerprint density at radius 1 is 0.927 bits per heavy atom. The molecule has 0 saturated carbocycles. The number of aryl methyl sites for hydroxylation is 1. The molecular formula is C28H31N3O8S2. The van der Waals surface area contributed by atoms with Crippen molar-refractivity contribution in [3.63, 3.8) is 0 Å². The van der Waals surface area contributed by atoms with E-state index in [2.05, 4.69) is 5.32 Å². The monoisotopic (exact) mass is 601 g/mol. The van der Waals surface area contributed by atoms with Crippen LogP contribution in [0.2, 0.25) is 0 Å². The van der Waals surface area contributed by atoms with Crippen LogP contribution >= 0.6 is 0 Å². The van der Waals surface area contributed by atoms with Gasteiger partial charge in [0.15, 0.2) is 6.10 Å². The van der Waals surface area contributed by atoms with Crippen molar-refractivity contribution in [1.29, 1.82) is 0 Å². The topological polar surface area (TPSA) is 132 Å². The highest BCUT2D eigenvalue weighted by Crippen LogP contribution is 2.37. The zero-order valence-corrected chi connectivity index (χ0v) is 24.1. The van der Waals surface area contributed by atoms with Crippen LogP contribution in [0, 0.1) is 6.92 Å². The summed E-state index contributed by atoms with van der Waals surface area (Å²) in [6.45, 7) is 3.24. The number of hydrogen-bond acceptors (Lipinski definition) is 8. The molecule has 1 amide bonds. The van der Waals surface area contributed by atoms with Crippen LogP contribution in [-0.2, 0) is 29.6 Å². The standard InChI is InChI=1S/C28H31N3O8S2/c1-21-7-12-26-25(19-21)31(41(35,36)23-5-3-2-4-6-23)20-27(39-26)28(32)29-13-16-38-22-8-10-24(11-9-22)40(33,34)30-14-17-37-18-15-30/h2-12,19,27H,13-18,20H2,1H3,(H,29,32)/t27-/m0/s1. The molecule has 2 aliphatic rings. The van der Waals surface area contributed by atoms with Crippen molar-refractivity contribution in [2.75, 3.05) is 50.3 Å². The van der Waals surface area contributed by atoms with E-state index in [4.69, 9.17) is 14.2 Å². The smallest absolute Gasteiger partial charge is 0.264 e. The van der Waals surface area contributed by atoms with Gasteiger partial charge in [-0.1, -0.05) is 24.3 Å². The number of nitrogens with zero attached hydrogens (tertiary/aromatic N) is 2. The molecule has 11 nitrogen and oxygen atoms in total. The first kappa shape index (κ1) is 28.9. The number of carbonyl (C=O) groups excluding carboxylic acids is 1. The fourth-order valence-electron chi connectivity index (χ4n) is 4.55. The summed E-state index contributed by atoms with van der Waals surface area (Å²) in [5.41, 5.74) is 1.23. The first-order chi connectivity index (χ1) is 19.7. The zero-order valence-electron chi connectivity index (χ0n) is 22.4. The Morgan fingerprint density at radius 2 is 1.61 bits per heavy atom. The summed E-state index contributed by atoms with van der Waals surface area (Å²) >= 11 is 0. The number of rotatable bonds is 9. The summed E-state index contributed by atoms with van der Waals surface area (Å²) in [6, 6.07) is 19.3. The zero-order chi connectivity index (χ0) is 29.0. The molecule has 41 heavy (non-hydrogen) atoms. The lowest BCUT2D eigenvalue weighted by atomic mass is 10.1.